The predicted molar refractivity (Wildman–Crippen MR) is 45.9 cm³/mol. The second-order valence-corrected chi connectivity index (χ2v) is 2.47. The Kier molecular flexibility index (Phi) is 1.74. The van der Waals surface area contributed by atoms with E-state index in [4.69, 9.17) is 16.4 Å². The van der Waals surface area contributed by atoms with E-state index in [0.717, 1.165) is 17.1 Å². The van der Waals surface area contributed by atoms with Gasteiger partial charge in [-0.1, -0.05) is 18.2 Å². The Morgan fingerprint density at radius 1 is 1.25 bits per heavy atom. The fourth-order valence-corrected chi connectivity index (χ4v) is 1.13. The molecule has 2 radical (unpaired) electrons. The SMILES string of the molecule is [CH]/C=C/c1ccc2c(c1)OCO2. The van der Waals surface area contributed by atoms with Crippen molar-refractivity contribution in [3.8, 4) is 11.5 Å². The summed E-state index contributed by atoms with van der Waals surface area (Å²) in [5.41, 5.74) is 1.02. The van der Waals surface area contributed by atoms with Crippen molar-refractivity contribution >= 4 is 6.08 Å². The summed E-state index contributed by atoms with van der Waals surface area (Å²) in [4.78, 5) is 0. The molecule has 0 N–H and O–H groups in total. The molecule has 0 aromatic heterocycles. The summed E-state index contributed by atoms with van der Waals surface area (Å²) in [6.45, 7) is 5.56. The molecule has 2 nitrogen and oxygen atoms in total. The lowest BCUT2D eigenvalue weighted by Gasteiger charge is -1.96. The highest BCUT2D eigenvalue weighted by atomic mass is 16.7. The largest absolute Gasteiger partial charge is 0.454 e. The van der Waals surface area contributed by atoms with Crippen LogP contribution in [0.3, 0.4) is 0 Å². The topological polar surface area (TPSA) is 18.5 Å². The second-order valence-electron chi connectivity index (χ2n) is 2.47. The minimum absolute atomic E-state index is 0.311. The third-order valence-electron chi connectivity index (χ3n) is 1.69. The van der Waals surface area contributed by atoms with Crippen molar-refractivity contribution in [3.05, 3.63) is 36.8 Å². The number of fused-ring (bicyclic) bond motifs is 1. The van der Waals surface area contributed by atoms with Crippen molar-refractivity contribution in [2.24, 2.45) is 0 Å². The van der Waals surface area contributed by atoms with E-state index in [1.54, 1.807) is 0 Å². The smallest absolute Gasteiger partial charge is 0.231 e. The molecule has 1 aliphatic heterocycles. The summed E-state index contributed by atoms with van der Waals surface area (Å²) >= 11 is 0. The molecule has 1 aliphatic rings. The van der Waals surface area contributed by atoms with E-state index in [0.29, 0.717) is 6.79 Å². The molecular weight excluding hydrogens is 152 g/mol. The number of hydrogen-bond donors (Lipinski definition) is 0. The van der Waals surface area contributed by atoms with E-state index in [2.05, 4.69) is 0 Å². The summed E-state index contributed by atoms with van der Waals surface area (Å²) in [5, 5.41) is 0. The van der Waals surface area contributed by atoms with Crippen molar-refractivity contribution in [1.82, 2.24) is 0 Å². The minimum Gasteiger partial charge on any atom is -0.454 e. The molecule has 0 fully saturated rings. The summed E-state index contributed by atoms with van der Waals surface area (Å²) in [5.74, 6) is 1.58. The van der Waals surface area contributed by atoms with E-state index in [1.807, 2.05) is 24.3 Å². The van der Waals surface area contributed by atoms with Gasteiger partial charge in [-0.15, -0.1) is 0 Å². The van der Waals surface area contributed by atoms with Gasteiger partial charge in [-0.25, -0.2) is 0 Å². The highest BCUT2D eigenvalue weighted by Crippen LogP contribution is 2.32. The van der Waals surface area contributed by atoms with Crippen molar-refractivity contribution in [1.29, 1.82) is 0 Å². The van der Waals surface area contributed by atoms with Crippen molar-refractivity contribution in [2.75, 3.05) is 6.79 Å². The first kappa shape index (κ1) is 7.22. The molecule has 0 aliphatic carbocycles. The average molecular weight is 160 g/mol. The van der Waals surface area contributed by atoms with Crippen LogP contribution in [0, 0.1) is 6.92 Å². The zero-order valence-electron chi connectivity index (χ0n) is 6.49. The number of rotatable bonds is 1. The molecular formula is C10H8O2. The summed E-state index contributed by atoms with van der Waals surface area (Å²) in [7, 11) is 0. The standard InChI is InChI=1S/C10H8O2/c1-2-3-8-4-5-9-10(6-8)12-7-11-9/h1-6H,7H2/b3-2+. The number of benzene rings is 1. The zero-order valence-corrected chi connectivity index (χ0v) is 6.49. The first-order valence-corrected chi connectivity index (χ1v) is 3.68. The van der Waals surface area contributed by atoms with Crippen LogP contribution < -0.4 is 9.47 Å². The Labute approximate surface area is 71.4 Å². The highest BCUT2D eigenvalue weighted by molar-refractivity contribution is 5.56. The molecule has 0 atom stereocenters. The number of hydrogen-bond acceptors (Lipinski definition) is 2. The van der Waals surface area contributed by atoms with Gasteiger partial charge in [-0.2, -0.15) is 0 Å². The first-order chi connectivity index (χ1) is 5.90. The van der Waals surface area contributed by atoms with Gasteiger partial charge in [-0.05, 0) is 24.6 Å². The quantitative estimate of drug-likeness (QED) is 0.626. The Balaban J connectivity index is 2.38. The van der Waals surface area contributed by atoms with Crippen LogP contribution in [0.15, 0.2) is 24.3 Å². The van der Waals surface area contributed by atoms with Gasteiger partial charge in [0.05, 0.1) is 0 Å². The maximum absolute atomic E-state index is 5.25. The lowest BCUT2D eigenvalue weighted by Crippen LogP contribution is -1.92. The van der Waals surface area contributed by atoms with Gasteiger partial charge in [0.1, 0.15) is 0 Å². The number of allylic oxidation sites excluding steroid dienone is 1. The maximum atomic E-state index is 5.25. The Bertz CT molecular complexity index is 316. The summed E-state index contributed by atoms with van der Waals surface area (Å²) < 4.78 is 10.3. The predicted octanol–water partition coefficient (Wildman–Crippen LogP) is 2.14. The van der Waals surface area contributed by atoms with Gasteiger partial charge >= 0.3 is 0 Å². The summed E-state index contributed by atoms with van der Waals surface area (Å²) in [6, 6.07) is 5.69. The van der Waals surface area contributed by atoms with Crippen molar-refractivity contribution in [3.63, 3.8) is 0 Å². The zero-order chi connectivity index (χ0) is 8.39. The lowest BCUT2D eigenvalue weighted by atomic mass is 10.2. The molecule has 0 amide bonds. The fraction of sp³-hybridized carbons (Fsp3) is 0.100. The average Bonchev–Trinajstić information content (AvgIpc) is 2.51. The second kappa shape index (κ2) is 2.89. The van der Waals surface area contributed by atoms with E-state index in [1.165, 1.54) is 6.08 Å². The van der Waals surface area contributed by atoms with Crippen LogP contribution >= 0.6 is 0 Å². The number of ether oxygens (including phenoxy) is 2. The third kappa shape index (κ3) is 1.16. The van der Waals surface area contributed by atoms with E-state index >= 15 is 0 Å². The molecule has 0 unspecified atom stereocenters. The van der Waals surface area contributed by atoms with Crippen molar-refractivity contribution in [2.45, 2.75) is 0 Å². The van der Waals surface area contributed by atoms with Crippen LogP contribution in [0.5, 0.6) is 11.5 Å². The van der Waals surface area contributed by atoms with Crippen LogP contribution in [0.2, 0.25) is 0 Å². The molecule has 0 saturated carbocycles. The normalized spacial score (nSPS) is 14.1. The molecule has 0 saturated heterocycles. The Hall–Kier alpha value is -1.44. The monoisotopic (exact) mass is 160 g/mol. The van der Waals surface area contributed by atoms with Crippen LogP contribution in [0.1, 0.15) is 5.56 Å². The molecule has 2 heteroatoms. The van der Waals surface area contributed by atoms with Crippen LogP contribution in [-0.2, 0) is 0 Å². The lowest BCUT2D eigenvalue weighted by molar-refractivity contribution is 0.174. The van der Waals surface area contributed by atoms with Gasteiger partial charge in [0.2, 0.25) is 6.79 Å². The molecule has 1 heterocycles. The van der Waals surface area contributed by atoms with Crippen LogP contribution in [0.25, 0.3) is 6.08 Å². The molecule has 2 rings (SSSR count). The van der Waals surface area contributed by atoms with Gasteiger partial charge < -0.3 is 9.47 Å². The maximum Gasteiger partial charge on any atom is 0.231 e. The van der Waals surface area contributed by atoms with E-state index in [-0.39, 0.29) is 0 Å². The minimum atomic E-state index is 0.311. The molecule has 60 valence electrons. The Morgan fingerprint density at radius 3 is 2.92 bits per heavy atom. The van der Waals surface area contributed by atoms with Gasteiger partial charge in [0.15, 0.2) is 11.5 Å². The molecule has 0 bridgehead atoms. The van der Waals surface area contributed by atoms with Crippen molar-refractivity contribution < 1.29 is 9.47 Å². The van der Waals surface area contributed by atoms with E-state index in [9.17, 15) is 0 Å². The molecule has 12 heavy (non-hydrogen) atoms. The van der Waals surface area contributed by atoms with Gasteiger partial charge in [0.25, 0.3) is 0 Å². The molecule has 1 aromatic rings. The van der Waals surface area contributed by atoms with Gasteiger partial charge in [0, 0.05) is 0 Å². The van der Waals surface area contributed by atoms with Crippen LogP contribution in [0.4, 0.5) is 0 Å². The Morgan fingerprint density at radius 2 is 2.08 bits per heavy atom. The highest BCUT2D eigenvalue weighted by Gasteiger charge is 2.11. The van der Waals surface area contributed by atoms with E-state index < -0.39 is 0 Å². The van der Waals surface area contributed by atoms with Gasteiger partial charge in [-0.3, -0.25) is 0 Å². The summed E-state index contributed by atoms with van der Waals surface area (Å²) in [6.07, 6.45) is 3.31. The van der Waals surface area contributed by atoms with Crippen LogP contribution in [-0.4, -0.2) is 6.79 Å². The first-order valence-electron chi connectivity index (χ1n) is 3.68. The third-order valence-corrected chi connectivity index (χ3v) is 1.69. The fourth-order valence-electron chi connectivity index (χ4n) is 1.13. The molecule has 1 aromatic carbocycles. The molecule has 0 spiro atoms.